The van der Waals surface area contributed by atoms with Crippen LogP contribution in [0.1, 0.15) is 30.5 Å². The molecule has 0 saturated carbocycles. The van der Waals surface area contributed by atoms with Crippen LogP contribution in [0, 0.1) is 11.8 Å². The molecule has 0 bridgehead atoms. The molecule has 1 aromatic carbocycles. The quantitative estimate of drug-likeness (QED) is 0.394. The summed E-state index contributed by atoms with van der Waals surface area (Å²) in [7, 11) is 2.21. The largest absolute Gasteiger partial charge is 0.469 e. The highest BCUT2D eigenvalue weighted by Gasteiger charge is 2.64. The molecule has 0 radical (unpaired) electrons. The van der Waals surface area contributed by atoms with Gasteiger partial charge in [-0.15, -0.1) is 6.58 Å². The maximum atomic E-state index is 13.0. The van der Waals surface area contributed by atoms with Gasteiger partial charge in [0.1, 0.15) is 11.5 Å². The van der Waals surface area contributed by atoms with Gasteiger partial charge in [0.25, 0.3) is 0 Å². The van der Waals surface area contributed by atoms with Crippen molar-refractivity contribution in [3.63, 3.8) is 0 Å². The lowest BCUT2D eigenvalue weighted by molar-refractivity contribution is -0.165. The number of ether oxygens (including phenoxy) is 3. The summed E-state index contributed by atoms with van der Waals surface area (Å²) in [6.07, 6.45) is -3.27. The lowest BCUT2D eigenvalue weighted by Gasteiger charge is -2.31. The fourth-order valence-electron chi connectivity index (χ4n) is 3.95. The van der Waals surface area contributed by atoms with Crippen LogP contribution < -0.4 is 5.32 Å². The van der Waals surface area contributed by atoms with Crippen molar-refractivity contribution in [2.75, 3.05) is 20.8 Å². The first-order chi connectivity index (χ1) is 14.6. The van der Waals surface area contributed by atoms with E-state index in [4.69, 9.17) is 14.2 Å². The third-order valence-corrected chi connectivity index (χ3v) is 5.29. The normalized spacial score (nSPS) is 25.5. The van der Waals surface area contributed by atoms with Gasteiger partial charge in [-0.05, 0) is 31.0 Å². The second-order valence-electron chi connectivity index (χ2n) is 6.98. The van der Waals surface area contributed by atoms with E-state index in [9.17, 15) is 27.6 Å². The molecule has 0 spiro atoms. The topological polar surface area (TPSA) is 90.9 Å². The number of rotatable bonds is 7. The first-order valence-corrected chi connectivity index (χ1v) is 9.46. The second-order valence-corrected chi connectivity index (χ2v) is 6.98. The molecule has 1 heterocycles. The zero-order chi connectivity index (χ0) is 23.4. The number of carbonyl (C=O) groups is 3. The summed E-state index contributed by atoms with van der Waals surface area (Å²) < 4.78 is 53.8. The summed E-state index contributed by atoms with van der Waals surface area (Å²) in [6, 6.07) is 3.05. The van der Waals surface area contributed by atoms with Gasteiger partial charge in [0.05, 0.1) is 32.3 Å². The average molecular weight is 443 g/mol. The number of alkyl halides is 3. The third kappa shape index (κ3) is 4.58. The van der Waals surface area contributed by atoms with E-state index in [1.807, 2.05) is 0 Å². The van der Waals surface area contributed by atoms with Gasteiger partial charge in [-0.2, -0.15) is 13.2 Å². The van der Waals surface area contributed by atoms with Crippen molar-refractivity contribution in [3.8, 4) is 0 Å². The molecule has 1 aliphatic heterocycles. The minimum Gasteiger partial charge on any atom is -0.469 e. The van der Waals surface area contributed by atoms with Crippen molar-refractivity contribution in [1.29, 1.82) is 0 Å². The molecule has 0 aliphatic carbocycles. The molecule has 170 valence electrons. The number of methoxy groups -OCH3 is 2. The predicted octanol–water partition coefficient (Wildman–Crippen LogP) is 2.81. The smallest absolute Gasteiger partial charge is 0.416 e. The van der Waals surface area contributed by atoms with Gasteiger partial charge in [0, 0.05) is 6.04 Å². The zero-order valence-electron chi connectivity index (χ0n) is 17.3. The Kier molecular flexibility index (Phi) is 7.48. The highest BCUT2D eigenvalue weighted by Crippen LogP contribution is 2.47. The van der Waals surface area contributed by atoms with E-state index in [2.05, 4.69) is 11.9 Å². The van der Waals surface area contributed by atoms with E-state index in [-0.39, 0.29) is 18.6 Å². The van der Waals surface area contributed by atoms with E-state index in [0.29, 0.717) is 0 Å². The molecular formula is C21H24F3NO6. The van der Waals surface area contributed by atoms with Gasteiger partial charge in [0.15, 0.2) is 0 Å². The number of hydrogen-bond donors (Lipinski definition) is 1. The van der Waals surface area contributed by atoms with E-state index < -0.39 is 53.1 Å². The summed E-state index contributed by atoms with van der Waals surface area (Å²) >= 11 is 0. The highest BCUT2D eigenvalue weighted by molar-refractivity contribution is 5.94. The van der Waals surface area contributed by atoms with Gasteiger partial charge in [-0.1, -0.05) is 18.2 Å². The second kappa shape index (κ2) is 9.51. The minimum atomic E-state index is -4.55. The number of hydrogen-bond acceptors (Lipinski definition) is 7. The molecule has 0 unspecified atom stereocenters. The molecular weight excluding hydrogens is 419 g/mol. The molecule has 1 fully saturated rings. The van der Waals surface area contributed by atoms with Gasteiger partial charge < -0.3 is 14.2 Å². The Hall–Kier alpha value is -2.88. The number of benzene rings is 1. The summed E-state index contributed by atoms with van der Waals surface area (Å²) in [5, 5.41) is 2.97. The third-order valence-electron chi connectivity index (χ3n) is 5.29. The van der Waals surface area contributed by atoms with Gasteiger partial charge in [-0.25, -0.2) is 0 Å². The van der Waals surface area contributed by atoms with Crippen LogP contribution in [0.15, 0.2) is 36.9 Å². The fourth-order valence-corrected chi connectivity index (χ4v) is 3.95. The maximum Gasteiger partial charge on any atom is 0.416 e. The van der Waals surface area contributed by atoms with Crippen LogP contribution in [0.4, 0.5) is 13.2 Å². The Morgan fingerprint density at radius 3 is 2.16 bits per heavy atom. The molecule has 7 nitrogen and oxygen atoms in total. The van der Waals surface area contributed by atoms with Crippen molar-refractivity contribution in [1.82, 2.24) is 5.32 Å². The standard InChI is InChI=1S/C21H24F3NO6/c1-5-11-20(19(28)31-6-2)15(18(27)30-4)14(17(26)29-3)16(25-20)12-7-9-13(10-8-12)21(22,23)24/h5,7-10,14-16,25H,1,6,11H2,2-4H3/t14-,15+,16-,20-/m1/s1. The van der Waals surface area contributed by atoms with Crippen molar-refractivity contribution in [2.45, 2.75) is 31.1 Å². The molecule has 2 rings (SSSR count). The van der Waals surface area contributed by atoms with Crippen LogP contribution in [-0.2, 0) is 34.8 Å². The van der Waals surface area contributed by atoms with Crippen LogP contribution in [-0.4, -0.2) is 44.3 Å². The summed E-state index contributed by atoms with van der Waals surface area (Å²) in [6.45, 7) is 5.19. The van der Waals surface area contributed by atoms with Crippen LogP contribution in [0.2, 0.25) is 0 Å². The van der Waals surface area contributed by atoms with Crippen molar-refractivity contribution >= 4 is 17.9 Å². The number of nitrogens with one attached hydrogen (secondary N) is 1. The predicted molar refractivity (Wildman–Crippen MR) is 103 cm³/mol. The highest BCUT2D eigenvalue weighted by atomic mass is 19.4. The first-order valence-electron chi connectivity index (χ1n) is 9.46. The van der Waals surface area contributed by atoms with Crippen LogP contribution >= 0.6 is 0 Å². The maximum absolute atomic E-state index is 13.0. The SMILES string of the molecule is C=CC[C@@]1(C(=O)OCC)N[C@H](c2ccc(C(F)(F)F)cc2)[C@H](C(=O)OC)[C@H]1C(=O)OC. The van der Waals surface area contributed by atoms with Gasteiger partial charge in [-0.3, -0.25) is 19.7 Å². The summed E-state index contributed by atoms with van der Waals surface area (Å²) in [5.74, 6) is -5.14. The molecule has 4 atom stereocenters. The number of esters is 3. The number of halogens is 3. The monoisotopic (exact) mass is 443 g/mol. The molecule has 1 aromatic rings. The van der Waals surface area contributed by atoms with Crippen LogP contribution in [0.3, 0.4) is 0 Å². The van der Waals surface area contributed by atoms with E-state index in [0.717, 1.165) is 26.4 Å². The first kappa shape index (κ1) is 24.4. The summed E-state index contributed by atoms with van der Waals surface area (Å²) in [5.41, 5.74) is -2.35. The summed E-state index contributed by atoms with van der Waals surface area (Å²) in [4.78, 5) is 38.4. The Bertz CT molecular complexity index is 839. The molecule has 10 heteroatoms. The van der Waals surface area contributed by atoms with Crippen molar-refractivity contribution in [2.24, 2.45) is 11.8 Å². The number of carbonyl (C=O) groups excluding carboxylic acids is 3. The molecule has 0 amide bonds. The van der Waals surface area contributed by atoms with Crippen LogP contribution in [0.5, 0.6) is 0 Å². The molecule has 31 heavy (non-hydrogen) atoms. The van der Waals surface area contributed by atoms with E-state index in [1.165, 1.54) is 18.2 Å². The fraction of sp³-hybridized carbons (Fsp3) is 0.476. The lowest BCUT2D eigenvalue weighted by atomic mass is 9.76. The van der Waals surface area contributed by atoms with Gasteiger partial charge in [0.2, 0.25) is 0 Å². The lowest BCUT2D eigenvalue weighted by Crippen LogP contribution is -2.56. The molecule has 1 saturated heterocycles. The molecule has 1 aliphatic rings. The Morgan fingerprint density at radius 1 is 1.13 bits per heavy atom. The Labute approximate surface area is 177 Å². The van der Waals surface area contributed by atoms with E-state index in [1.54, 1.807) is 6.92 Å². The van der Waals surface area contributed by atoms with E-state index >= 15 is 0 Å². The van der Waals surface area contributed by atoms with Crippen LogP contribution in [0.25, 0.3) is 0 Å². The Balaban J connectivity index is 2.66. The zero-order valence-corrected chi connectivity index (χ0v) is 17.3. The minimum absolute atomic E-state index is 0.00113. The van der Waals surface area contributed by atoms with Gasteiger partial charge >= 0.3 is 24.1 Å². The molecule has 1 N–H and O–H groups in total. The molecule has 0 aromatic heterocycles. The van der Waals surface area contributed by atoms with Crippen molar-refractivity contribution in [3.05, 3.63) is 48.0 Å². The average Bonchev–Trinajstić information content (AvgIpc) is 3.08. The Morgan fingerprint density at radius 2 is 1.71 bits per heavy atom. The van der Waals surface area contributed by atoms with Crippen molar-refractivity contribution < 1.29 is 41.8 Å².